The van der Waals surface area contributed by atoms with Gasteiger partial charge in [-0.2, -0.15) is 5.10 Å². The van der Waals surface area contributed by atoms with E-state index in [-0.39, 0.29) is 11.7 Å². The van der Waals surface area contributed by atoms with E-state index in [0.29, 0.717) is 5.56 Å². The molecule has 0 aromatic carbocycles. The average molecular weight is 211 g/mol. The van der Waals surface area contributed by atoms with Gasteiger partial charge in [0.05, 0.1) is 17.3 Å². The van der Waals surface area contributed by atoms with Gasteiger partial charge in [0.2, 0.25) is 0 Å². The van der Waals surface area contributed by atoms with Gasteiger partial charge in [-0.25, -0.2) is 0 Å². The maximum absolute atomic E-state index is 11.6. The topological polar surface area (TPSA) is 116 Å². The second-order valence-corrected chi connectivity index (χ2v) is 3.55. The minimum atomic E-state index is -0.914. The molecule has 1 heterocycles. The molecule has 0 radical (unpaired) electrons. The molecule has 82 valence electrons. The maximum Gasteiger partial charge on any atom is 0.255 e. The van der Waals surface area contributed by atoms with E-state index in [1.54, 1.807) is 13.8 Å². The second kappa shape index (κ2) is 3.99. The van der Waals surface area contributed by atoms with Crippen LogP contribution in [0.1, 0.15) is 24.2 Å². The van der Waals surface area contributed by atoms with Crippen LogP contribution in [-0.4, -0.2) is 32.7 Å². The highest BCUT2D eigenvalue weighted by atomic mass is 16.4. The maximum atomic E-state index is 11.6. The molecular formula is C8H13N5O2. The summed E-state index contributed by atoms with van der Waals surface area (Å²) in [4.78, 5) is 11.6. The molecule has 0 saturated heterocycles. The Bertz CT molecular complexity index is 368. The van der Waals surface area contributed by atoms with Crippen LogP contribution in [0.5, 0.6) is 0 Å². The van der Waals surface area contributed by atoms with E-state index in [1.165, 1.54) is 12.4 Å². The van der Waals surface area contributed by atoms with Crippen LogP contribution in [0.4, 0.5) is 0 Å². The SMILES string of the molecule is CC(C)(NC(=O)c1cn[nH]c1)C(N)=NO. The molecule has 0 saturated carbocycles. The van der Waals surface area contributed by atoms with Crippen molar-refractivity contribution in [1.82, 2.24) is 15.5 Å². The number of amides is 1. The molecule has 0 unspecified atom stereocenters. The third-order valence-corrected chi connectivity index (χ3v) is 1.93. The van der Waals surface area contributed by atoms with E-state index in [4.69, 9.17) is 10.9 Å². The first-order valence-corrected chi connectivity index (χ1v) is 4.26. The Morgan fingerprint density at radius 3 is 2.87 bits per heavy atom. The lowest BCUT2D eigenvalue weighted by atomic mass is 10.0. The molecular weight excluding hydrogens is 198 g/mol. The molecule has 1 amide bonds. The number of rotatable bonds is 3. The predicted octanol–water partition coefficient (Wildman–Crippen LogP) is -0.335. The quantitative estimate of drug-likeness (QED) is 0.237. The van der Waals surface area contributed by atoms with Crippen LogP contribution in [0, 0.1) is 0 Å². The van der Waals surface area contributed by atoms with E-state index in [0.717, 1.165) is 0 Å². The number of carbonyl (C=O) groups is 1. The van der Waals surface area contributed by atoms with Gasteiger partial charge in [-0.3, -0.25) is 9.89 Å². The van der Waals surface area contributed by atoms with Crippen LogP contribution in [0.25, 0.3) is 0 Å². The number of H-pyrrole nitrogens is 1. The van der Waals surface area contributed by atoms with E-state index < -0.39 is 5.54 Å². The number of nitrogens with two attached hydrogens (primary N) is 1. The zero-order valence-electron chi connectivity index (χ0n) is 8.48. The van der Waals surface area contributed by atoms with E-state index in [1.807, 2.05) is 0 Å². The molecule has 7 nitrogen and oxygen atoms in total. The smallest absolute Gasteiger partial charge is 0.255 e. The fraction of sp³-hybridized carbons (Fsp3) is 0.375. The van der Waals surface area contributed by atoms with Gasteiger partial charge in [0.15, 0.2) is 5.84 Å². The first kappa shape index (κ1) is 11.0. The first-order chi connectivity index (χ1) is 6.97. The van der Waals surface area contributed by atoms with E-state index in [9.17, 15) is 4.79 Å². The molecule has 0 aliphatic carbocycles. The number of hydrogen-bond acceptors (Lipinski definition) is 4. The minimum Gasteiger partial charge on any atom is -0.409 e. The van der Waals surface area contributed by atoms with Crippen LogP contribution < -0.4 is 11.1 Å². The zero-order chi connectivity index (χ0) is 11.5. The monoisotopic (exact) mass is 211 g/mol. The molecule has 5 N–H and O–H groups in total. The van der Waals surface area contributed by atoms with Crippen LogP contribution >= 0.6 is 0 Å². The van der Waals surface area contributed by atoms with Gasteiger partial charge in [0, 0.05) is 6.20 Å². The summed E-state index contributed by atoms with van der Waals surface area (Å²) in [5.41, 5.74) is 4.88. The van der Waals surface area contributed by atoms with Crippen LogP contribution in [0.3, 0.4) is 0 Å². The molecule has 1 aromatic rings. The van der Waals surface area contributed by atoms with Crippen LogP contribution in [0.15, 0.2) is 17.5 Å². The normalized spacial score (nSPS) is 12.5. The number of nitrogens with one attached hydrogen (secondary N) is 2. The highest BCUT2D eigenvalue weighted by Gasteiger charge is 2.26. The summed E-state index contributed by atoms with van der Waals surface area (Å²) in [5.74, 6) is -0.417. The molecule has 0 fully saturated rings. The molecule has 15 heavy (non-hydrogen) atoms. The van der Waals surface area contributed by atoms with Crippen molar-refractivity contribution >= 4 is 11.7 Å². The number of aromatic amines is 1. The Balaban J connectivity index is 2.75. The van der Waals surface area contributed by atoms with Crippen molar-refractivity contribution in [3.63, 3.8) is 0 Å². The van der Waals surface area contributed by atoms with Crippen molar-refractivity contribution in [3.8, 4) is 0 Å². The standard InChI is InChI=1S/C8H13N5O2/c1-8(2,7(9)13-15)12-6(14)5-3-10-11-4-5/h3-4,15H,1-2H3,(H2,9,13)(H,10,11)(H,12,14). The van der Waals surface area contributed by atoms with Gasteiger partial charge in [-0.15, -0.1) is 0 Å². The number of aromatic nitrogens is 2. The fourth-order valence-corrected chi connectivity index (χ4v) is 0.920. The molecule has 7 heteroatoms. The molecule has 1 rings (SSSR count). The van der Waals surface area contributed by atoms with Crippen molar-refractivity contribution in [1.29, 1.82) is 0 Å². The summed E-state index contributed by atoms with van der Waals surface area (Å²) in [6.07, 6.45) is 2.84. The molecule has 0 atom stereocenters. The number of hydrogen-bond donors (Lipinski definition) is 4. The third-order valence-electron chi connectivity index (χ3n) is 1.93. The Morgan fingerprint density at radius 1 is 1.73 bits per heavy atom. The Morgan fingerprint density at radius 2 is 2.40 bits per heavy atom. The molecule has 1 aromatic heterocycles. The van der Waals surface area contributed by atoms with Gasteiger partial charge < -0.3 is 16.3 Å². The van der Waals surface area contributed by atoms with Crippen molar-refractivity contribution < 1.29 is 10.0 Å². The lowest BCUT2D eigenvalue weighted by molar-refractivity contribution is 0.0931. The minimum absolute atomic E-state index is 0.0701. The number of carbonyl (C=O) groups excluding carboxylic acids is 1. The van der Waals surface area contributed by atoms with E-state index >= 15 is 0 Å². The van der Waals surface area contributed by atoms with Gasteiger partial charge >= 0.3 is 0 Å². The highest BCUT2D eigenvalue weighted by Crippen LogP contribution is 2.04. The van der Waals surface area contributed by atoms with Gasteiger partial charge in [-0.05, 0) is 13.8 Å². The summed E-state index contributed by atoms with van der Waals surface area (Å²) >= 11 is 0. The summed E-state index contributed by atoms with van der Waals surface area (Å²) in [5, 5.41) is 20.1. The van der Waals surface area contributed by atoms with Crippen LogP contribution in [0.2, 0.25) is 0 Å². The molecule has 0 spiro atoms. The lowest BCUT2D eigenvalue weighted by Crippen LogP contribution is -2.53. The van der Waals surface area contributed by atoms with Crippen molar-refractivity contribution in [2.24, 2.45) is 10.9 Å². The Kier molecular flexibility index (Phi) is 2.93. The largest absolute Gasteiger partial charge is 0.409 e. The fourth-order valence-electron chi connectivity index (χ4n) is 0.920. The average Bonchev–Trinajstić information content (AvgIpc) is 2.68. The molecule has 0 aliphatic rings. The third kappa shape index (κ3) is 2.46. The van der Waals surface area contributed by atoms with Gasteiger partial charge in [0.1, 0.15) is 0 Å². The second-order valence-electron chi connectivity index (χ2n) is 3.55. The first-order valence-electron chi connectivity index (χ1n) is 4.26. The van der Waals surface area contributed by atoms with Crippen LogP contribution in [-0.2, 0) is 0 Å². The number of nitrogens with zero attached hydrogens (tertiary/aromatic N) is 2. The lowest BCUT2D eigenvalue weighted by Gasteiger charge is -2.23. The van der Waals surface area contributed by atoms with E-state index in [2.05, 4.69) is 20.7 Å². The predicted molar refractivity (Wildman–Crippen MR) is 53.5 cm³/mol. The molecule has 0 aliphatic heterocycles. The number of oxime groups is 1. The Hall–Kier alpha value is -2.05. The summed E-state index contributed by atoms with van der Waals surface area (Å²) in [6, 6.07) is 0. The molecule has 0 bridgehead atoms. The van der Waals surface area contributed by atoms with Crippen molar-refractivity contribution in [3.05, 3.63) is 18.0 Å². The van der Waals surface area contributed by atoms with Gasteiger partial charge in [0.25, 0.3) is 5.91 Å². The van der Waals surface area contributed by atoms with Gasteiger partial charge in [-0.1, -0.05) is 5.16 Å². The Labute approximate surface area is 86.3 Å². The summed E-state index contributed by atoms with van der Waals surface area (Å²) in [6.45, 7) is 3.25. The van der Waals surface area contributed by atoms with Crippen molar-refractivity contribution in [2.45, 2.75) is 19.4 Å². The number of amidine groups is 1. The highest BCUT2D eigenvalue weighted by molar-refractivity contribution is 5.99. The van der Waals surface area contributed by atoms with Crippen molar-refractivity contribution in [2.75, 3.05) is 0 Å². The zero-order valence-corrected chi connectivity index (χ0v) is 8.48. The summed E-state index contributed by atoms with van der Waals surface area (Å²) in [7, 11) is 0. The summed E-state index contributed by atoms with van der Waals surface area (Å²) < 4.78 is 0.